The van der Waals surface area contributed by atoms with E-state index < -0.39 is 53.3 Å². The highest BCUT2D eigenvalue weighted by molar-refractivity contribution is 5.98. The van der Waals surface area contributed by atoms with Gasteiger partial charge in [0.05, 0.1) is 12.1 Å². The van der Waals surface area contributed by atoms with E-state index in [0.717, 1.165) is 19.3 Å². The Morgan fingerprint density at radius 2 is 1.35 bits per heavy atom. The molecule has 0 spiro atoms. The molecule has 57 heavy (non-hydrogen) atoms. The van der Waals surface area contributed by atoms with Crippen LogP contribution in [-0.2, 0) is 41.6 Å². The number of anilines is 1. The summed E-state index contributed by atoms with van der Waals surface area (Å²) in [7, 11) is 0. The highest BCUT2D eigenvalue weighted by Gasteiger charge is 2.49. The lowest BCUT2D eigenvalue weighted by Crippen LogP contribution is -2.67. The topological polar surface area (TPSA) is 279 Å². The van der Waals surface area contributed by atoms with Crippen molar-refractivity contribution in [2.24, 2.45) is 23.1 Å². The van der Waals surface area contributed by atoms with Crippen molar-refractivity contribution >= 4 is 41.5 Å². The average molecular weight is 811 g/mol. The number of carboxylic acid groups (broad SMARTS) is 1. The zero-order valence-electron chi connectivity index (χ0n) is 32.8. The van der Waals surface area contributed by atoms with Gasteiger partial charge >= 0.3 is 12.1 Å². The fraction of sp³-hybridized carbons (Fsp3) is 0.615. The number of benzene rings is 1. The Labute approximate surface area is 332 Å². The van der Waals surface area contributed by atoms with Crippen molar-refractivity contribution in [2.45, 2.75) is 147 Å². The molecule has 3 atom stereocenters. The van der Waals surface area contributed by atoms with Gasteiger partial charge in [-0.25, -0.2) is 9.78 Å². The van der Waals surface area contributed by atoms with E-state index >= 15 is 0 Å². The van der Waals surface area contributed by atoms with Gasteiger partial charge in [-0.05, 0) is 37.7 Å². The van der Waals surface area contributed by atoms with Crippen LogP contribution in [0, 0.1) is 5.92 Å². The first-order valence-corrected chi connectivity index (χ1v) is 19.5. The number of nitrogens with zero attached hydrogens (tertiary/aromatic N) is 1. The minimum atomic E-state index is -5.08. The fourth-order valence-electron chi connectivity index (χ4n) is 6.32. The van der Waals surface area contributed by atoms with Gasteiger partial charge in [0, 0.05) is 18.5 Å². The number of rotatable bonds is 28. The summed E-state index contributed by atoms with van der Waals surface area (Å²) >= 11 is 0. The summed E-state index contributed by atoms with van der Waals surface area (Å²) < 4.78 is 31.7. The summed E-state index contributed by atoms with van der Waals surface area (Å²) in [6.45, 7) is 2.23. The normalized spacial score (nSPS) is 13.3. The van der Waals surface area contributed by atoms with Crippen molar-refractivity contribution in [1.29, 1.82) is 0 Å². The molecular formula is C39H61F3N8O7. The van der Waals surface area contributed by atoms with Crippen molar-refractivity contribution in [2.75, 3.05) is 5.73 Å². The van der Waals surface area contributed by atoms with E-state index in [4.69, 9.17) is 32.8 Å². The van der Waals surface area contributed by atoms with Crippen LogP contribution in [-0.4, -0.2) is 68.3 Å². The minimum absolute atomic E-state index is 0.0400. The molecule has 2 aromatic rings. The highest BCUT2D eigenvalue weighted by atomic mass is 19.4. The van der Waals surface area contributed by atoms with E-state index in [9.17, 15) is 37.1 Å². The number of carboxylic acids is 1. The van der Waals surface area contributed by atoms with Gasteiger partial charge in [0.15, 0.2) is 5.95 Å². The molecule has 5 amide bonds. The summed E-state index contributed by atoms with van der Waals surface area (Å²) in [6, 6.07) is 7.67. The molecule has 12 N–H and O–H groups in total. The molecule has 0 saturated carbocycles. The van der Waals surface area contributed by atoms with Gasteiger partial charge in [0.1, 0.15) is 11.6 Å². The van der Waals surface area contributed by atoms with Gasteiger partial charge in [0.25, 0.3) is 0 Å². The molecule has 0 aliphatic carbocycles. The number of carbonyl (C=O) groups is 6. The number of aromatic nitrogens is 2. The van der Waals surface area contributed by atoms with E-state index in [1.165, 1.54) is 64.0 Å². The minimum Gasteiger partial charge on any atom is -0.475 e. The number of aromatic amines is 1. The summed E-state index contributed by atoms with van der Waals surface area (Å²) in [5.41, 5.74) is 22.1. The second-order valence-corrected chi connectivity index (χ2v) is 14.2. The number of unbranched alkanes of at least 4 members (excludes halogenated alkanes) is 12. The van der Waals surface area contributed by atoms with Crippen molar-refractivity contribution in [1.82, 2.24) is 20.6 Å². The SMILES string of the molecule is CCCCCCCCCCCCCCCC(=O)N[C@@H](CCc1cnc(N)[nH]1)C(=O)NC(CCC(N)=O)(C(N)=O)[C@H](Cc1ccccc1)C(N)=O.O=C(O)C(F)(F)F. The predicted molar refractivity (Wildman–Crippen MR) is 209 cm³/mol. The molecule has 1 aromatic heterocycles. The fourth-order valence-corrected chi connectivity index (χ4v) is 6.32. The third kappa shape index (κ3) is 20.5. The molecule has 0 radical (unpaired) electrons. The number of halogens is 3. The van der Waals surface area contributed by atoms with E-state index in [-0.39, 0.29) is 50.4 Å². The Morgan fingerprint density at radius 3 is 1.79 bits per heavy atom. The number of nitrogen functional groups attached to an aromatic ring is 1. The van der Waals surface area contributed by atoms with Gasteiger partial charge in [-0.15, -0.1) is 0 Å². The molecule has 1 aromatic carbocycles. The number of alkyl halides is 3. The second-order valence-electron chi connectivity index (χ2n) is 14.2. The van der Waals surface area contributed by atoms with Crippen LogP contribution in [0.1, 0.15) is 127 Å². The molecule has 0 aliphatic heterocycles. The number of nitrogens with one attached hydrogen (secondary N) is 3. The van der Waals surface area contributed by atoms with Crippen LogP contribution in [0.4, 0.5) is 19.1 Å². The monoisotopic (exact) mass is 810 g/mol. The van der Waals surface area contributed by atoms with Crippen molar-refractivity contribution in [3.63, 3.8) is 0 Å². The predicted octanol–water partition coefficient (Wildman–Crippen LogP) is 4.47. The number of H-pyrrole nitrogens is 1. The zero-order valence-corrected chi connectivity index (χ0v) is 32.8. The van der Waals surface area contributed by atoms with Gasteiger partial charge in [-0.1, -0.05) is 114 Å². The molecule has 320 valence electrons. The van der Waals surface area contributed by atoms with E-state index in [1.807, 2.05) is 0 Å². The van der Waals surface area contributed by atoms with E-state index in [0.29, 0.717) is 17.7 Å². The maximum Gasteiger partial charge on any atom is 0.490 e. The number of aryl methyl sites for hydroxylation is 1. The third-order valence-corrected chi connectivity index (χ3v) is 9.52. The summed E-state index contributed by atoms with van der Waals surface area (Å²) in [5.74, 6) is -7.65. The van der Waals surface area contributed by atoms with Crippen LogP contribution < -0.4 is 33.6 Å². The Kier molecular flexibility index (Phi) is 23.3. The smallest absolute Gasteiger partial charge is 0.475 e. The lowest BCUT2D eigenvalue weighted by molar-refractivity contribution is -0.192. The number of nitrogens with two attached hydrogens (primary N) is 4. The Hall–Kier alpha value is -5.16. The van der Waals surface area contributed by atoms with Gasteiger partial charge in [-0.3, -0.25) is 24.0 Å². The lowest BCUT2D eigenvalue weighted by Gasteiger charge is -2.38. The molecular weight excluding hydrogens is 749 g/mol. The lowest BCUT2D eigenvalue weighted by atomic mass is 9.75. The number of primary amides is 3. The summed E-state index contributed by atoms with van der Waals surface area (Å²) in [5, 5.41) is 12.6. The molecule has 0 bridgehead atoms. The maximum atomic E-state index is 14.0. The second kappa shape index (κ2) is 26.6. The summed E-state index contributed by atoms with van der Waals surface area (Å²) in [6.07, 6.45) is 11.6. The number of carbonyl (C=O) groups excluding carboxylic acids is 5. The van der Waals surface area contributed by atoms with E-state index in [2.05, 4.69) is 27.5 Å². The molecule has 18 heteroatoms. The number of hydrogen-bond donors (Lipinski definition) is 8. The van der Waals surface area contributed by atoms with Crippen LogP contribution in [0.15, 0.2) is 36.5 Å². The number of imidazole rings is 1. The van der Waals surface area contributed by atoms with Crippen LogP contribution in [0.2, 0.25) is 0 Å². The van der Waals surface area contributed by atoms with Crippen LogP contribution >= 0.6 is 0 Å². The number of hydrogen-bond acceptors (Lipinski definition) is 8. The molecule has 0 aliphatic rings. The van der Waals surface area contributed by atoms with Gasteiger partial charge in [0.2, 0.25) is 29.5 Å². The van der Waals surface area contributed by atoms with Gasteiger partial charge in [-0.2, -0.15) is 13.2 Å². The molecule has 2 rings (SSSR count). The number of aliphatic carboxylic acids is 1. The zero-order chi connectivity index (χ0) is 42.9. The van der Waals surface area contributed by atoms with Crippen molar-refractivity contribution < 1.29 is 47.0 Å². The first-order chi connectivity index (χ1) is 26.9. The molecule has 1 heterocycles. The molecule has 15 nitrogen and oxygen atoms in total. The largest absolute Gasteiger partial charge is 0.490 e. The molecule has 1 unspecified atom stereocenters. The van der Waals surface area contributed by atoms with Crippen molar-refractivity contribution in [3.05, 3.63) is 47.8 Å². The van der Waals surface area contributed by atoms with E-state index in [1.54, 1.807) is 30.3 Å². The Morgan fingerprint density at radius 1 is 0.825 bits per heavy atom. The van der Waals surface area contributed by atoms with Crippen LogP contribution in [0.25, 0.3) is 0 Å². The summed E-state index contributed by atoms with van der Waals surface area (Å²) in [4.78, 5) is 80.9. The average Bonchev–Trinajstić information content (AvgIpc) is 3.57. The first-order valence-electron chi connectivity index (χ1n) is 19.5. The van der Waals surface area contributed by atoms with Crippen molar-refractivity contribution in [3.8, 4) is 0 Å². The quantitative estimate of drug-likeness (QED) is 0.0562. The maximum absolute atomic E-state index is 14.0. The Balaban J connectivity index is 0.00000211. The number of amides is 5. The highest BCUT2D eigenvalue weighted by Crippen LogP contribution is 2.28. The molecule has 0 fully saturated rings. The van der Waals surface area contributed by atoms with Crippen LogP contribution in [0.5, 0.6) is 0 Å². The van der Waals surface area contributed by atoms with Gasteiger partial charge < -0.3 is 43.7 Å². The Bertz CT molecular complexity index is 1540. The first kappa shape index (κ1) is 49.9. The van der Waals surface area contributed by atoms with Crippen LogP contribution in [0.3, 0.4) is 0 Å². The molecule has 0 saturated heterocycles. The standard InChI is InChI=1S/C37H60N8O5.C2HF3O2/c1-2-3-4-5-6-7-8-9-10-11-12-13-17-20-32(47)44-30(22-21-28-26-42-36(41)43-28)34(49)45-37(35(40)50,24-23-31(38)46)29(33(39)48)25-27-18-15-14-16-19-27;3-2(4,5)1(6)7/h14-16,18-19,26,29-30H,2-13,17,20-25H2,1H3,(H2,38,46)(H2,39,48)(H2,40,50)(H,44,47)(H,45,49)(H3,41,42,43);(H,6,7)/t29-,30+,37?;/m1./s1. The third-order valence-electron chi connectivity index (χ3n) is 9.52.